The molecule has 0 aliphatic carbocycles. The predicted molar refractivity (Wildman–Crippen MR) is 277 cm³/mol. The summed E-state index contributed by atoms with van der Waals surface area (Å²) in [7, 11) is 0. The molecule has 3 heterocycles. The van der Waals surface area contributed by atoms with Gasteiger partial charge in [-0.1, -0.05) is 158 Å². The summed E-state index contributed by atoms with van der Waals surface area (Å²) < 4.78 is 34.1. The lowest BCUT2D eigenvalue weighted by Crippen LogP contribution is -2.66. The number of unbranched alkanes of at least 4 members (excludes halogenated alkanes) is 14. The molecule has 1 amide bonds. The minimum absolute atomic E-state index is 0.120. The number of amides is 1. The maximum atomic E-state index is 13.2. The molecule has 0 aromatic carbocycles. The normalized spacial score (nSPS) is 31.9. The zero-order chi connectivity index (χ0) is 54.1. The molecule has 0 aromatic heterocycles. The standard InChI is InChI=1S/C55H95NO18/c1-3-5-7-9-11-13-15-17-18-19-21-22-24-26-28-30-32-39(60)38(56-43(61)33-31-29-27-25-23-20-16-14-12-10-8-6-4-2)37-69-53-49(67)46(64)51(41(35-58)71-53)74-55-50(68)47(65)52(42(36-59)72-55)73-54-48(66)45(63)44(62)40(34-57)70-54/h6,8,12,14,20,23,27,29-30,32,38-42,44-55,57-60,62-68H,3-5,7,9-11,13,15-19,21-22,24-26,28,31,33-37H2,1-2H3,(H,56,61)/b8-6-,14-12-,23-20-,29-27-,32-30+. The molecule has 0 radical (unpaired) electrons. The summed E-state index contributed by atoms with van der Waals surface area (Å²) in [6.45, 7) is 1.51. The number of hydrogen-bond donors (Lipinski definition) is 12. The van der Waals surface area contributed by atoms with Gasteiger partial charge < -0.3 is 89.9 Å². The van der Waals surface area contributed by atoms with Crippen LogP contribution < -0.4 is 5.32 Å². The fraction of sp³-hybridized carbons (Fsp3) is 0.800. The Bertz CT molecular complexity index is 1590. The highest BCUT2D eigenvalue weighted by Crippen LogP contribution is 2.33. The second kappa shape index (κ2) is 38.9. The van der Waals surface area contributed by atoms with E-state index in [2.05, 4.69) is 55.6 Å². The van der Waals surface area contributed by atoms with Crippen molar-refractivity contribution in [2.24, 2.45) is 0 Å². The summed E-state index contributed by atoms with van der Waals surface area (Å²) in [5.74, 6) is -0.359. The first-order valence-electron chi connectivity index (χ1n) is 27.5. The number of hydrogen-bond acceptors (Lipinski definition) is 18. The highest BCUT2D eigenvalue weighted by Gasteiger charge is 2.53. The van der Waals surface area contributed by atoms with E-state index in [1.54, 1.807) is 6.08 Å². The second-order valence-electron chi connectivity index (χ2n) is 19.7. The molecule has 19 nitrogen and oxygen atoms in total. The summed E-state index contributed by atoms with van der Waals surface area (Å²) in [6.07, 6.45) is 15.2. The first kappa shape index (κ1) is 65.8. The lowest BCUT2D eigenvalue weighted by atomic mass is 9.96. The van der Waals surface area contributed by atoms with Gasteiger partial charge in [0.05, 0.1) is 38.6 Å². The third-order valence-electron chi connectivity index (χ3n) is 13.6. The average Bonchev–Trinajstić information content (AvgIpc) is 3.40. The molecular formula is C55H95NO18. The van der Waals surface area contributed by atoms with E-state index in [1.165, 1.54) is 70.6 Å². The van der Waals surface area contributed by atoms with Crippen LogP contribution in [0.3, 0.4) is 0 Å². The zero-order valence-electron chi connectivity index (χ0n) is 44.0. The highest BCUT2D eigenvalue weighted by atomic mass is 16.8. The van der Waals surface area contributed by atoms with Gasteiger partial charge in [-0.25, -0.2) is 0 Å². The molecule has 17 atom stereocenters. The van der Waals surface area contributed by atoms with Crippen LogP contribution in [-0.2, 0) is 33.2 Å². The summed E-state index contributed by atoms with van der Waals surface area (Å²) in [6, 6.07) is -1.01. The van der Waals surface area contributed by atoms with Gasteiger partial charge in [0, 0.05) is 6.42 Å². The van der Waals surface area contributed by atoms with E-state index in [4.69, 9.17) is 28.4 Å². The fourth-order valence-corrected chi connectivity index (χ4v) is 9.02. The molecule has 3 aliphatic heterocycles. The van der Waals surface area contributed by atoms with E-state index in [9.17, 15) is 61.0 Å². The van der Waals surface area contributed by atoms with Crippen molar-refractivity contribution in [3.63, 3.8) is 0 Å². The number of nitrogens with one attached hydrogen (secondary N) is 1. The third kappa shape index (κ3) is 23.6. The van der Waals surface area contributed by atoms with Crippen LogP contribution in [0.15, 0.2) is 60.8 Å². The van der Waals surface area contributed by atoms with E-state index >= 15 is 0 Å². The molecule has 12 N–H and O–H groups in total. The Morgan fingerprint density at radius 2 is 0.932 bits per heavy atom. The lowest BCUT2D eigenvalue weighted by molar-refractivity contribution is -0.379. The molecule has 17 unspecified atom stereocenters. The van der Waals surface area contributed by atoms with Crippen LogP contribution in [0.2, 0.25) is 0 Å². The topological polar surface area (TPSA) is 307 Å². The number of aliphatic hydroxyl groups excluding tert-OH is 11. The maximum absolute atomic E-state index is 13.2. The third-order valence-corrected chi connectivity index (χ3v) is 13.6. The quantitative estimate of drug-likeness (QED) is 0.0312. The molecule has 0 bridgehead atoms. The summed E-state index contributed by atoms with van der Waals surface area (Å²) in [5, 5.41) is 120. The van der Waals surface area contributed by atoms with E-state index < -0.39 is 124 Å². The van der Waals surface area contributed by atoms with Crippen molar-refractivity contribution in [1.29, 1.82) is 0 Å². The van der Waals surface area contributed by atoms with Crippen LogP contribution in [0, 0.1) is 0 Å². The molecule has 0 saturated carbocycles. The molecule has 0 aromatic rings. The molecular weight excluding hydrogens is 963 g/mol. The predicted octanol–water partition coefficient (Wildman–Crippen LogP) is 3.31. The summed E-state index contributed by atoms with van der Waals surface area (Å²) >= 11 is 0. The van der Waals surface area contributed by atoms with E-state index in [-0.39, 0.29) is 18.9 Å². The van der Waals surface area contributed by atoms with Crippen molar-refractivity contribution in [3.05, 3.63) is 60.8 Å². The van der Waals surface area contributed by atoms with Gasteiger partial charge in [-0.15, -0.1) is 0 Å². The number of ether oxygens (including phenoxy) is 6. The van der Waals surface area contributed by atoms with Crippen LogP contribution in [0.1, 0.15) is 149 Å². The van der Waals surface area contributed by atoms with Gasteiger partial charge in [0.15, 0.2) is 18.9 Å². The van der Waals surface area contributed by atoms with Gasteiger partial charge in [-0.3, -0.25) is 4.79 Å². The molecule has 3 rings (SSSR count). The van der Waals surface area contributed by atoms with E-state index in [0.717, 1.165) is 44.9 Å². The minimum atomic E-state index is -1.98. The largest absolute Gasteiger partial charge is 0.394 e. The van der Waals surface area contributed by atoms with Gasteiger partial charge >= 0.3 is 0 Å². The monoisotopic (exact) mass is 1060 g/mol. The van der Waals surface area contributed by atoms with Gasteiger partial charge in [-0.05, 0) is 44.9 Å². The van der Waals surface area contributed by atoms with Gasteiger partial charge in [0.1, 0.15) is 73.2 Å². The summed E-state index contributed by atoms with van der Waals surface area (Å²) in [5.41, 5.74) is 0. The molecule has 428 valence electrons. The Kier molecular flexibility index (Phi) is 34.6. The van der Waals surface area contributed by atoms with Gasteiger partial charge in [-0.2, -0.15) is 0 Å². The number of rotatable bonds is 38. The van der Waals surface area contributed by atoms with Crippen molar-refractivity contribution in [2.45, 2.75) is 253 Å². The Morgan fingerprint density at radius 3 is 1.43 bits per heavy atom. The number of carbonyl (C=O) groups is 1. The van der Waals surface area contributed by atoms with Crippen LogP contribution >= 0.6 is 0 Å². The molecule has 3 aliphatic rings. The van der Waals surface area contributed by atoms with Crippen LogP contribution in [0.25, 0.3) is 0 Å². The Labute approximate surface area is 439 Å². The van der Waals surface area contributed by atoms with Gasteiger partial charge in [0.25, 0.3) is 0 Å². The molecule has 74 heavy (non-hydrogen) atoms. The molecule has 0 spiro atoms. The van der Waals surface area contributed by atoms with Crippen molar-refractivity contribution >= 4 is 5.91 Å². The van der Waals surface area contributed by atoms with Crippen LogP contribution in [-0.4, -0.2) is 193 Å². The SMILES string of the molecule is CC/C=C\C/C=C\C/C=C\C/C=C\CCC(=O)NC(COC1OC(CO)C(OC2OC(CO)C(OC3OC(CO)C(O)C(O)C3O)C(O)C2O)C(O)C1O)C(O)/C=C/CCCCCCCCCCCCCCCC. The van der Waals surface area contributed by atoms with Crippen molar-refractivity contribution in [2.75, 3.05) is 26.4 Å². The fourth-order valence-electron chi connectivity index (χ4n) is 9.02. The van der Waals surface area contributed by atoms with Crippen molar-refractivity contribution in [1.82, 2.24) is 5.32 Å². The lowest BCUT2D eigenvalue weighted by Gasteiger charge is -2.48. The Morgan fingerprint density at radius 1 is 0.500 bits per heavy atom. The van der Waals surface area contributed by atoms with Crippen molar-refractivity contribution < 1.29 is 89.4 Å². The van der Waals surface area contributed by atoms with E-state index in [0.29, 0.717) is 12.8 Å². The zero-order valence-corrected chi connectivity index (χ0v) is 44.0. The Hall–Kier alpha value is -2.51. The number of carbonyl (C=O) groups excluding carboxylic acids is 1. The van der Waals surface area contributed by atoms with Crippen LogP contribution in [0.4, 0.5) is 0 Å². The number of aliphatic hydroxyl groups is 11. The smallest absolute Gasteiger partial charge is 0.220 e. The van der Waals surface area contributed by atoms with E-state index in [1.807, 2.05) is 18.2 Å². The van der Waals surface area contributed by atoms with Gasteiger partial charge in [0.2, 0.25) is 5.91 Å². The van der Waals surface area contributed by atoms with Crippen molar-refractivity contribution in [3.8, 4) is 0 Å². The number of allylic oxidation sites excluding steroid dienone is 9. The highest BCUT2D eigenvalue weighted by molar-refractivity contribution is 5.76. The maximum Gasteiger partial charge on any atom is 0.220 e. The molecule has 19 heteroatoms. The first-order chi connectivity index (χ1) is 35.8. The minimum Gasteiger partial charge on any atom is -0.394 e. The average molecular weight is 1060 g/mol. The molecule has 3 fully saturated rings. The second-order valence-corrected chi connectivity index (χ2v) is 19.7. The van der Waals surface area contributed by atoms with Crippen LogP contribution in [0.5, 0.6) is 0 Å². The summed E-state index contributed by atoms with van der Waals surface area (Å²) in [4.78, 5) is 13.2. The first-order valence-corrected chi connectivity index (χ1v) is 27.5. The Balaban J connectivity index is 1.56. The molecule has 3 saturated heterocycles.